The molecule has 0 saturated carbocycles. The monoisotopic (exact) mass is 257 g/mol. The molecular weight excluding hydrogens is 238 g/mol. The van der Waals surface area contributed by atoms with Crippen LogP contribution < -0.4 is 22.1 Å². The molecular formula is C14H19N5. The van der Waals surface area contributed by atoms with Crippen molar-refractivity contribution >= 4 is 5.96 Å². The van der Waals surface area contributed by atoms with E-state index in [1.54, 1.807) is 0 Å². The van der Waals surface area contributed by atoms with Crippen molar-refractivity contribution in [3.8, 4) is 0 Å². The Morgan fingerprint density at radius 2 is 2.05 bits per heavy atom. The van der Waals surface area contributed by atoms with Crippen molar-refractivity contribution in [1.29, 1.82) is 0 Å². The summed E-state index contributed by atoms with van der Waals surface area (Å²) < 4.78 is 0. The Labute approximate surface area is 112 Å². The minimum atomic E-state index is -0.731. The van der Waals surface area contributed by atoms with Crippen LogP contribution in [0.3, 0.4) is 0 Å². The van der Waals surface area contributed by atoms with Gasteiger partial charge in [0.1, 0.15) is 5.66 Å². The molecule has 0 saturated heterocycles. The summed E-state index contributed by atoms with van der Waals surface area (Å²) in [4.78, 5) is 4.29. The summed E-state index contributed by atoms with van der Waals surface area (Å²) in [7, 11) is 0. The van der Waals surface area contributed by atoms with Gasteiger partial charge in [-0.25, -0.2) is 4.99 Å². The molecule has 6 N–H and O–H groups in total. The molecule has 0 radical (unpaired) electrons. The Kier molecular flexibility index (Phi) is 2.80. The van der Waals surface area contributed by atoms with E-state index in [-0.39, 0.29) is 5.92 Å². The van der Waals surface area contributed by atoms with E-state index < -0.39 is 5.66 Å². The Bertz CT molecular complexity index is 544. The van der Waals surface area contributed by atoms with E-state index in [1.807, 2.05) is 25.1 Å². The molecule has 2 unspecified atom stereocenters. The number of guanidine groups is 1. The lowest BCUT2D eigenvalue weighted by molar-refractivity contribution is 0.475. The number of hydrogen-bond acceptors (Lipinski definition) is 5. The lowest BCUT2D eigenvalue weighted by atomic mass is 9.85. The second-order valence-electron chi connectivity index (χ2n) is 5.26. The van der Waals surface area contributed by atoms with Crippen LogP contribution in [0, 0.1) is 0 Å². The van der Waals surface area contributed by atoms with E-state index in [2.05, 4.69) is 27.8 Å². The first-order valence-corrected chi connectivity index (χ1v) is 6.48. The van der Waals surface area contributed by atoms with Gasteiger partial charge in [0, 0.05) is 30.3 Å². The van der Waals surface area contributed by atoms with Gasteiger partial charge in [0.2, 0.25) is 0 Å². The molecule has 100 valence electrons. The maximum Gasteiger partial charge on any atom is 0.195 e. The van der Waals surface area contributed by atoms with Gasteiger partial charge in [0.15, 0.2) is 5.96 Å². The smallest absolute Gasteiger partial charge is 0.195 e. The summed E-state index contributed by atoms with van der Waals surface area (Å²) >= 11 is 0. The zero-order valence-electron chi connectivity index (χ0n) is 11.0. The highest BCUT2D eigenvalue weighted by Gasteiger charge is 2.36. The van der Waals surface area contributed by atoms with Crippen molar-refractivity contribution in [2.75, 3.05) is 13.1 Å². The summed E-state index contributed by atoms with van der Waals surface area (Å²) in [6.45, 7) is 3.51. The normalized spacial score (nSPS) is 30.4. The maximum absolute atomic E-state index is 6.26. The van der Waals surface area contributed by atoms with E-state index in [1.165, 1.54) is 5.56 Å². The number of rotatable bonds is 1. The van der Waals surface area contributed by atoms with E-state index in [4.69, 9.17) is 11.5 Å². The van der Waals surface area contributed by atoms with Gasteiger partial charge in [-0.05, 0) is 12.5 Å². The number of aliphatic imine (C=N–C) groups is 1. The lowest BCUT2D eigenvalue weighted by Gasteiger charge is -2.39. The summed E-state index contributed by atoms with van der Waals surface area (Å²) in [6.07, 6.45) is 0. The molecule has 2 atom stereocenters. The van der Waals surface area contributed by atoms with Crippen molar-refractivity contribution in [2.24, 2.45) is 16.5 Å². The third-order valence-corrected chi connectivity index (χ3v) is 3.75. The first-order valence-electron chi connectivity index (χ1n) is 6.48. The first kappa shape index (κ1) is 12.2. The van der Waals surface area contributed by atoms with Crippen molar-refractivity contribution in [2.45, 2.75) is 18.5 Å². The molecule has 1 aromatic rings. The predicted molar refractivity (Wildman–Crippen MR) is 76.4 cm³/mol. The summed E-state index contributed by atoms with van der Waals surface area (Å²) in [5.74, 6) is 0.633. The van der Waals surface area contributed by atoms with Crippen LogP contribution in [-0.2, 0) is 0 Å². The van der Waals surface area contributed by atoms with Crippen molar-refractivity contribution in [1.82, 2.24) is 10.6 Å². The SMILES string of the molecule is CC1(N)N=C(N)NC2=C1CNCC2c1ccccc1. The van der Waals surface area contributed by atoms with E-state index in [0.29, 0.717) is 5.96 Å². The fourth-order valence-corrected chi connectivity index (χ4v) is 2.82. The Morgan fingerprint density at radius 3 is 2.79 bits per heavy atom. The first-order chi connectivity index (χ1) is 9.08. The number of hydrogen-bond donors (Lipinski definition) is 4. The van der Waals surface area contributed by atoms with Crippen LogP contribution in [0.5, 0.6) is 0 Å². The summed E-state index contributed by atoms with van der Waals surface area (Å²) in [6, 6.07) is 10.4. The van der Waals surface area contributed by atoms with Gasteiger partial charge in [0.05, 0.1) is 0 Å². The standard InChI is InChI=1S/C14H19N5/c1-14(16)11-8-17-7-10(9-5-3-2-4-6-9)12(11)18-13(15)19-14/h2-6,10,17H,7-8,16H2,1H3,(H3,15,18,19). The molecule has 5 heteroatoms. The topological polar surface area (TPSA) is 88.5 Å². The van der Waals surface area contributed by atoms with Gasteiger partial charge in [-0.1, -0.05) is 30.3 Å². The molecule has 3 rings (SSSR count). The molecule has 0 fully saturated rings. The van der Waals surface area contributed by atoms with Gasteiger partial charge in [-0.15, -0.1) is 0 Å². The van der Waals surface area contributed by atoms with E-state index in [9.17, 15) is 0 Å². The molecule has 0 spiro atoms. The average molecular weight is 257 g/mol. The van der Waals surface area contributed by atoms with Crippen LogP contribution in [0.1, 0.15) is 18.4 Å². The molecule has 0 aliphatic carbocycles. The molecule has 2 heterocycles. The number of nitrogens with two attached hydrogens (primary N) is 2. The second-order valence-corrected chi connectivity index (χ2v) is 5.26. The Morgan fingerprint density at radius 1 is 1.32 bits per heavy atom. The molecule has 2 aliphatic heterocycles. The highest BCUT2D eigenvalue weighted by atomic mass is 15.2. The minimum Gasteiger partial charge on any atom is -0.370 e. The van der Waals surface area contributed by atoms with Gasteiger partial charge in [-0.2, -0.15) is 0 Å². The van der Waals surface area contributed by atoms with Crippen LogP contribution in [0.15, 0.2) is 46.6 Å². The average Bonchev–Trinajstić information content (AvgIpc) is 2.38. The largest absolute Gasteiger partial charge is 0.370 e. The molecule has 0 aromatic heterocycles. The summed E-state index contributed by atoms with van der Waals surface area (Å²) in [5.41, 5.74) is 14.8. The van der Waals surface area contributed by atoms with Gasteiger partial charge >= 0.3 is 0 Å². The molecule has 0 bridgehead atoms. The van der Waals surface area contributed by atoms with Crippen LogP contribution in [0.2, 0.25) is 0 Å². The Balaban J connectivity index is 2.05. The van der Waals surface area contributed by atoms with Crippen molar-refractivity contribution in [3.63, 3.8) is 0 Å². The summed E-state index contributed by atoms with van der Waals surface area (Å²) in [5, 5.41) is 6.62. The van der Waals surface area contributed by atoms with Crippen LogP contribution >= 0.6 is 0 Å². The number of benzene rings is 1. The fourth-order valence-electron chi connectivity index (χ4n) is 2.82. The van der Waals surface area contributed by atoms with Gasteiger partial charge in [0.25, 0.3) is 0 Å². The van der Waals surface area contributed by atoms with Crippen molar-refractivity contribution in [3.05, 3.63) is 47.2 Å². The third kappa shape index (κ3) is 2.11. The molecule has 0 amide bonds. The predicted octanol–water partition coefficient (Wildman–Crippen LogP) is 0.220. The molecule has 19 heavy (non-hydrogen) atoms. The fraction of sp³-hybridized carbons (Fsp3) is 0.357. The van der Waals surface area contributed by atoms with E-state index >= 15 is 0 Å². The minimum absolute atomic E-state index is 0.238. The molecule has 5 nitrogen and oxygen atoms in total. The maximum atomic E-state index is 6.26. The third-order valence-electron chi connectivity index (χ3n) is 3.75. The van der Waals surface area contributed by atoms with Gasteiger partial charge < -0.3 is 22.1 Å². The number of nitrogens with one attached hydrogen (secondary N) is 2. The van der Waals surface area contributed by atoms with Crippen molar-refractivity contribution < 1.29 is 0 Å². The molecule has 1 aromatic carbocycles. The van der Waals surface area contributed by atoms with Crippen LogP contribution in [0.25, 0.3) is 0 Å². The second kappa shape index (κ2) is 4.36. The highest BCUT2D eigenvalue weighted by molar-refractivity contribution is 5.82. The van der Waals surface area contributed by atoms with Crippen LogP contribution in [0.4, 0.5) is 0 Å². The quantitative estimate of drug-likeness (QED) is 0.579. The number of nitrogens with zero attached hydrogens (tertiary/aromatic N) is 1. The highest BCUT2D eigenvalue weighted by Crippen LogP contribution is 2.33. The Hall–Kier alpha value is -1.85. The zero-order chi connectivity index (χ0) is 13.5. The van der Waals surface area contributed by atoms with Crippen LogP contribution in [-0.4, -0.2) is 24.7 Å². The van der Waals surface area contributed by atoms with Gasteiger partial charge in [-0.3, -0.25) is 0 Å². The van der Waals surface area contributed by atoms with E-state index in [0.717, 1.165) is 24.4 Å². The molecule has 2 aliphatic rings. The zero-order valence-corrected chi connectivity index (χ0v) is 11.0. The lowest BCUT2D eigenvalue weighted by Crippen LogP contribution is -2.54.